The first kappa shape index (κ1) is 109. The van der Waals surface area contributed by atoms with Gasteiger partial charge in [0, 0.05) is 42.8 Å². The van der Waals surface area contributed by atoms with E-state index < -0.39 is 71.7 Å². The molecule has 4 aliphatic rings. The number of thioether (sulfide) groups is 1. The van der Waals surface area contributed by atoms with Gasteiger partial charge in [-0.15, -0.1) is 11.8 Å². The molecule has 10 aromatic heterocycles. The first-order valence-electron chi connectivity index (χ1n) is 43.8. The standard InChI is InChI=1S/C13H21N5O3.C13H18N2O4.C12H19N5O4.C12H19N3O3.C11H16FN3O3S.C11H17N5O3.C11H19N3O4/c1-8(2)21-6-9(5-19)3-4-18-7-15-10-11(18)16-13(14)17-12(10)20;1-8(2)18-7-10-4-5-11(19-10)15-6-9(3)12(16)14-13(15)17;1-7(2)20-4-8(3-18)21-6-17-5-14-9-10(17)15-12(13)16-11(9)19;1-8(2)17-7-9-3-4-11(18-9)15-6-5-10(13)14-12(15)16;1-6(2)17-4-9-18-8(5-19-9)15-3-7(12)10(13)14-11(15)16;1-7(2)19-4-3-18-6-16-5-13-8-9(16)14-11(12)15-10(8)17;1-6(2)17-4-8-9(15)10(16)11(18-8)14-5-12-7(3)13-14/h7-9,19H,3-6H2,1-2H3,(H3,14,16,17,20);4-6,8,10-11H,7H2,1-3H3,(H,14,16,17);5,7-8,18H,3-4,6H2,1-2H3,(H3,13,15,16,19);5-6,8-9,11H,3-4,7H2,1-2H3,(H2,13,14,16);3,6,8-9H,4-5H2,1-2H3,(H2,13,14,16);5,7H,3-4,6H2,1-2H3,(H3,12,14,15,17);5-6,8-11,15-16H,4H2,1-3H3/t;10-,11?;;9-,11?;8?,9-;;8-,9-,10-,11-/m.0.01.1/s1. The van der Waals surface area contributed by atoms with Gasteiger partial charge in [0.2, 0.25) is 17.8 Å². The zero-order valence-electron chi connectivity index (χ0n) is 78.5. The van der Waals surface area contributed by atoms with Gasteiger partial charge in [-0.1, -0.05) is 6.08 Å². The van der Waals surface area contributed by atoms with Gasteiger partial charge in [-0.25, -0.2) is 43.4 Å². The molecule has 52 heteroatoms. The Morgan fingerprint density at radius 3 is 1.64 bits per heavy atom. The van der Waals surface area contributed by atoms with Crippen LogP contribution in [0.2, 0.25) is 0 Å². The van der Waals surface area contributed by atoms with Gasteiger partial charge in [0.05, 0.1) is 133 Å². The zero-order valence-corrected chi connectivity index (χ0v) is 79.3. The maximum atomic E-state index is 13.3. The van der Waals surface area contributed by atoms with Gasteiger partial charge >= 0.3 is 17.1 Å². The number of nitrogens with one attached hydrogen (secondary N) is 4. The van der Waals surface area contributed by atoms with Gasteiger partial charge in [-0.05, 0) is 142 Å². The average molecular weight is 1930 g/mol. The summed E-state index contributed by atoms with van der Waals surface area (Å²) >= 11 is 1.52. The third kappa shape index (κ3) is 34.3. The number of nitrogens with zero attached hydrogens (tertiary/aromatic N) is 17. The minimum Gasteiger partial charge on any atom is -0.396 e. The Bertz CT molecular complexity index is 5680. The van der Waals surface area contributed by atoms with E-state index in [4.69, 9.17) is 90.2 Å². The summed E-state index contributed by atoms with van der Waals surface area (Å²) < 4.78 is 95.3. The lowest BCUT2D eigenvalue weighted by Gasteiger charge is -2.17. The van der Waals surface area contributed by atoms with Crippen LogP contribution in [0, 0.1) is 25.6 Å². The molecule has 0 amide bonds. The quantitative estimate of drug-likeness (QED) is 0.0197. The fraction of sp³-hybridized carbons (Fsp3) is 0.627. The number of hydrogen-bond donors (Lipinski definition) is 13. The van der Waals surface area contributed by atoms with Crippen molar-refractivity contribution in [3.05, 3.63) is 152 Å². The lowest BCUT2D eigenvalue weighted by atomic mass is 10.1. The molecule has 748 valence electrons. The number of aromatic amines is 4. The number of nitrogens with two attached hydrogens (primary N) is 5. The summed E-state index contributed by atoms with van der Waals surface area (Å²) in [5, 5.41) is 42.5. The van der Waals surface area contributed by atoms with Crippen molar-refractivity contribution in [2.75, 3.05) is 100 Å². The molecular formula is C83H129FN26O24S. The number of fused-ring (bicyclic) bond motifs is 3. The summed E-state index contributed by atoms with van der Waals surface area (Å²) in [6.45, 7) is 34.8. The van der Waals surface area contributed by atoms with Gasteiger partial charge in [-0.3, -0.25) is 61.9 Å². The number of ether oxygens (including phenoxy) is 13. The third-order valence-corrected chi connectivity index (χ3v) is 20.5. The molecule has 4 aliphatic heterocycles. The van der Waals surface area contributed by atoms with Crippen LogP contribution in [0.4, 0.5) is 33.9 Å². The molecule has 18 N–H and O–H groups in total. The summed E-state index contributed by atoms with van der Waals surface area (Å²) in [6, 6.07) is 1.60. The van der Waals surface area contributed by atoms with Crippen LogP contribution in [0.5, 0.6) is 0 Å². The van der Waals surface area contributed by atoms with Gasteiger partial charge in [0.1, 0.15) is 79.8 Å². The van der Waals surface area contributed by atoms with E-state index in [1.807, 2.05) is 103 Å². The van der Waals surface area contributed by atoms with Crippen molar-refractivity contribution >= 4 is 74.7 Å². The van der Waals surface area contributed by atoms with E-state index >= 15 is 0 Å². The largest absolute Gasteiger partial charge is 0.396 e. The van der Waals surface area contributed by atoms with Crippen molar-refractivity contribution in [2.24, 2.45) is 5.92 Å². The molecule has 135 heavy (non-hydrogen) atoms. The van der Waals surface area contributed by atoms with Crippen molar-refractivity contribution in [1.82, 2.24) is 102 Å². The van der Waals surface area contributed by atoms with Crippen molar-refractivity contribution in [3.63, 3.8) is 0 Å². The Kier molecular flexibility index (Phi) is 43.3. The Morgan fingerprint density at radius 1 is 0.526 bits per heavy atom. The van der Waals surface area contributed by atoms with E-state index in [0.717, 1.165) is 23.6 Å². The third-order valence-electron chi connectivity index (χ3n) is 19.4. The number of aromatic nitrogens is 21. The Hall–Kier alpha value is -11.0. The van der Waals surface area contributed by atoms with E-state index in [2.05, 4.69) is 69.9 Å². The molecule has 50 nitrogen and oxygen atoms in total. The molecule has 3 saturated heterocycles. The lowest BCUT2D eigenvalue weighted by molar-refractivity contribution is -0.0803. The second-order valence-electron chi connectivity index (χ2n) is 33.0. The fourth-order valence-corrected chi connectivity index (χ4v) is 13.5. The number of rotatable bonds is 36. The van der Waals surface area contributed by atoms with Crippen LogP contribution in [-0.2, 0) is 81.6 Å². The second-order valence-corrected chi connectivity index (χ2v) is 34.2. The second kappa shape index (κ2) is 53.5. The number of H-pyrrole nitrogens is 4. The van der Waals surface area contributed by atoms with Crippen LogP contribution in [0.15, 0.2) is 95.7 Å². The number of nitrogen functional groups attached to an aromatic ring is 5. The summed E-state index contributed by atoms with van der Waals surface area (Å²) in [4.78, 5) is 126. The van der Waals surface area contributed by atoms with Crippen molar-refractivity contribution < 1.29 is 86.4 Å². The normalized spacial score (nSPS) is 19.6. The number of imidazole rings is 3. The molecule has 0 saturated carbocycles. The van der Waals surface area contributed by atoms with Crippen LogP contribution < -0.4 is 68.0 Å². The number of aliphatic hydroxyl groups excluding tert-OH is 4. The Labute approximate surface area is 778 Å². The van der Waals surface area contributed by atoms with E-state index in [1.54, 1.807) is 52.2 Å². The van der Waals surface area contributed by atoms with Gasteiger partial charge in [-0.2, -0.15) is 30.0 Å². The molecule has 14 heterocycles. The topological polar surface area (TPSA) is 677 Å². The molecular weight excluding hydrogens is 1800 g/mol. The van der Waals surface area contributed by atoms with Gasteiger partial charge < -0.3 is 115 Å². The van der Waals surface area contributed by atoms with Crippen LogP contribution in [0.1, 0.15) is 152 Å². The van der Waals surface area contributed by atoms with Crippen molar-refractivity contribution in [3.8, 4) is 0 Å². The molecule has 14 rings (SSSR count). The Morgan fingerprint density at radius 2 is 1.07 bits per heavy atom. The van der Waals surface area contributed by atoms with E-state index in [-0.39, 0.29) is 175 Å². The summed E-state index contributed by atoms with van der Waals surface area (Å²) in [5.74, 6) is 0.397. The molecule has 3 fully saturated rings. The number of aryl methyl sites for hydroxylation is 3. The fourth-order valence-electron chi connectivity index (χ4n) is 12.5. The SMILES string of the molecule is CC(C)OCC(CO)CCn1cnc2c(=O)[nH]c(N)nc21.CC(C)OCC(CO)OCn1cnc2c(=O)[nH]c(N)nc21.CC(C)OCCOCn1cnc2c(=O)[nH]c(N)nc21.CC(C)OC[C@@H]1CCC(n2ccc(N)nc2=O)O1.CC(C)OC[C@@H]1OC(n2cc(F)c(N)nc2=O)CS1.Cc1cn(C2C=C[C@@H](COC(C)C)O2)c(=O)[nH]c1=O.Cc1ncn([C@@H]2O[C@H](COC(C)C)[C@@H](O)[C@H]2O)n1. The van der Waals surface area contributed by atoms with Crippen LogP contribution in [0.3, 0.4) is 0 Å². The van der Waals surface area contributed by atoms with E-state index in [9.17, 15) is 58.4 Å². The van der Waals surface area contributed by atoms with Crippen LogP contribution >= 0.6 is 11.8 Å². The Balaban J connectivity index is 0.000000194. The van der Waals surface area contributed by atoms with Crippen LogP contribution in [0.25, 0.3) is 33.5 Å². The molecule has 0 aromatic carbocycles. The number of halogens is 1. The molecule has 10 aromatic rings. The van der Waals surface area contributed by atoms with Crippen LogP contribution in [-0.4, -0.2) is 279 Å². The average Bonchev–Trinajstić information content (AvgIpc) is 1.67. The van der Waals surface area contributed by atoms with Crippen molar-refractivity contribution in [1.29, 1.82) is 0 Å². The number of anilines is 5. The minimum absolute atomic E-state index is 0.0103. The highest BCUT2D eigenvalue weighted by molar-refractivity contribution is 8.00. The molecule has 12 atom stereocenters. The summed E-state index contributed by atoms with van der Waals surface area (Å²) in [7, 11) is 0. The molecule has 0 radical (unpaired) electrons. The lowest BCUT2D eigenvalue weighted by Crippen LogP contribution is -2.34. The number of aliphatic hydroxyl groups is 4. The summed E-state index contributed by atoms with van der Waals surface area (Å²) in [6.07, 6.45) is 11.8. The first-order valence-corrected chi connectivity index (χ1v) is 44.8. The molecule has 0 aliphatic carbocycles. The van der Waals surface area contributed by atoms with E-state index in [0.29, 0.717) is 86.7 Å². The zero-order chi connectivity index (χ0) is 99.0. The maximum Gasteiger partial charge on any atom is 0.351 e. The van der Waals surface area contributed by atoms with Crippen molar-refractivity contribution in [2.45, 2.75) is 260 Å². The monoisotopic (exact) mass is 1920 g/mol. The highest BCUT2D eigenvalue weighted by atomic mass is 32.2. The highest BCUT2D eigenvalue weighted by Gasteiger charge is 2.44. The molecule has 0 spiro atoms. The first-order chi connectivity index (χ1) is 64.1. The van der Waals surface area contributed by atoms with Gasteiger partial charge in [0.25, 0.3) is 22.2 Å². The highest BCUT2D eigenvalue weighted by Crippen LogP contribution is 2.33. The molecule has 0 bridgehead atoms. The minimum atomic E-state index is -1.04. The smallest absolute Gasteiger partial charge is 0.351 e. The predicted molar refractivity (Wildman–Crippen MR) is 493 cm³/mol. The summed E-state index contributed by atoms with van der Waals surface area (Å²) in [5.41, 5.74) is 26.5. The molecule has 5 unspecified atom stereocenters. The predicted octanol–water partition coefficient (Wildman–Crippen LogP) is 1.95. The number of hydrogen-bond acceptors (Lipinski definition) is 40. The maximum absolute atomic E-state index is 13.3. The van der Waals surface area contributed by atoms with Gasteiger partial charge in [0.15, 0.2) is 57.6 Å². The van der Waals surface area contributed by atoms with E-state index in [1.165, 1.54) is 50.8 Å².